The van der Waals surface area contributed by atoms with Gasteiger partial charge in [0.15, 0.2) is 17.4 Å². The molecule has 0 radical (unpaired) electrons. The SMILES string of the molecule is O=C1CN(C(=O)c2cc(-c3cccc(Cl)c3)c(-c3ccc(F)c(F)c3)o2)CCN1. The Hall–Kier alpha value is -3.19. The molecule has 1 saturated heterocycles. The summed E-state index contributed by atoms with van der Waals surface area (Å²) >= 11 is 6.09. The number of carbonyl (C=O) groups excluding carboxylic acids is 2. The molecule has 2 aromatic carbocycles. The Morgan fingerprint density at radius 3 is 2.62 bits per heavy atom. The third-order valence-corrected chi connectivity index (χ3v) is 4.82. The highest BCUT2D eigenvalue weighted by molar-refractivity contribution is 6.30. The highest BCUT2D eigenvalue weighted by Gasteiger charge is 2.27. The topological polar surface area (TPSA) is 62.6 Å². The first-order valence-corrected chi connectivity index (χ1v) is 9.21. The first-order chi connectivity index (χ1) is 13.9. The van der Waals surface area contributed by atoms with Crippen LogP contribution < -0.4 is 5.32 Å². The fourth-order valence-corrected chi connectivity index (χ4v) is 3.38. The maximum absolute atomic E-state index is 13.8. The minimum Gasteiger partial charge on any atom is -0.450 e. The van der Waals surface area contributed by atoms with E-state index in [0.717, 1.165) is 12.1 Å². The van der Waals surface area contributed by atoms with Crippen molar-refractivity contribution in [2.24, 2.45) is 0 Å². The Kier molecular flexibility index (Phi) is 5.07. The van der Waals surface area contributed by atoms with Gasteiger partial charge in [-0.1, -0.05) is 23.7 Å². The van der Waals surface area contributed by atoms with Crippen LogP contribution in [0.5, 0.6) is 0 Å². The molecule has 1 N–H and O–H groups in total. The number of rotatable bonds is 3. The molecule has 1 aliphatic rings. The minimum atomic E-state index is -1.03. The Balaban J connectivity index is 1.81. The summed E-state index contributed by atoms with van der Waals surface area (Å²) in [6.07, 6.45) is 0. The van der Waals surface area contributed by atoms with E-state index in [0.29, 0.717) is 29.2 Å². The van der Waals surface area contributed by atoms with Gasteiger partial charge in [-0.3, -0.25) is 9.59 Å². The third-order valence-electron chi connectivity index (χ3n) is 4.59. The molecule has 148 valence electrons. The Morgan fingerprint density at radius 2 is 1.90 bits per heavy atom. The van der Waals surface area contributed by atoms with Gasteiger partial charge in [-0.2, -0.15) is 0 Å². The Bertz CT molecular complexity index is 1110. The average molecular weight is 417 g/mol. The molecule has 3 aromatic rings. The van der Waals surface area contributed by atoms with Gasteiger partial charge >= 0.3 is 0 Å². The second kappa shape index (κ2) is 7.67. The van der Waals surface area contributed by atoms with E-state index in [1.807, 2.05) is 0 Å². The number of nitrogens with zero attached hydrogens (tertiary/aromatic N) is 1. The fraction of sp³-hybridized carbons (Fsp3) is 0.143. The number of furan rings is 1. The number of carbonyl (C=O) groups is 2. The fourth-order valence-electron chi connectivity index (χ4n) is 3.19. The van der Waals surface area contributed by atoms with E-state index in [1.54, 1.807) is 24.3 Å². The van der Waals surface area contributed by atoms with Crippen LogP contribution in [0.4, 0.5) is 8.78 Å². The summed E-state index contributed by atoms with van der Waals surface area (Å²) < 4.78 is 33.0. The molecule has 5 nitrogen and oxygen atoms in total. The molecular formula is C21H15ClF2N2O3. The molecule has 0 atom stereocenters. The summed E-state index contributed by atoms with van der Waals surface area (Å²) in [7, 11) is 0. The first kappa shape index (κ1) is 19.1. The number of hydrogen-bond acceptors (Lipinski definition) is 3. The largest absolute Gasteiger partial charge is 0.450 e. The van der Waals surface area contributed by atoms with Crippen molar-refractivity contribution in [3.8, 4) is 22.5 Å². The van der Waals surface area contributed by atoms with E-state index in [9.17, 15) is 18.4 Å². The number of nitrogens with one attached hydrogen (secondary N) is 1. The standard InChI is InChI=1S/C21H15ClF2N2O3/c22-14-3-1-2-12(8-14)15-10-18(21(28)26-7-6-25-19(27)11-26)29-20(15)13-4-5-16(23)17(24)9-13/h1-5,8-10H,6-7,11H2,(H,25,27). The van der Waals surface area contributed by atoms with Crippen molar-refractivity contribution in [3.05, 3.63) is 70.9 Å². The van der Waals surface area contributed by atoms with E-state index in [-0.39, 0.29) is 29.5 Å². The molecule has 0 unspecified atom stereocenters. The first-order valence-electron chi connectivity index (χ1n) is 8.83. The molecule has 1 aromatic heterocycles. The molecule has 1 fully saturated rings. The number of piperazine rings is 1. The lowest BCUT2D eigenvalue weighted by Gasteiger charge is -2.25. The predicted molar refractivity (Wildman–Crippen MR) is 103 cm³/mol. The van der Waals surface area contributed by atoms with Crippen molar-refractivity contribution in [1.29, 1.82) is 0 Å². The van der Waals surface area contributed by atoms with E-state index < -0.39 is 17.5 Å². The maximum Gasteiger partial charge on any atom is 0.290 e. The van der Waals surface area contributed by atoms with Gasteiger partial charge in [0.2, 0.25) is 5.91 Å². The van der Waals surface area contributed by atoms with Crippen LogP contribution in [0.15, 0.2) is 52.9 Å². The van der Waals surface area contributed by atoms with E-state index in [4.69, 9.17) is 16.0 Å². The second-order valence-electron chi connectivity index (χ2n) is 6.57. The minimum absolute atomic E-state index is 0.00518. The molecule has 29 heavy (non-hydrogen) atoms. The van der Waals surface area contributed by atoms with E-state index in [2.05, 4.69) is 5.32 Å². The normalized spacial score (nSPS) is 14.0. The summed E-state index contributed by atoms with van der Waals surface area (Å²) in [5, 5.41) is 3.12. The van der Waals surface area contributed by atoms with Crippen molar-refractivity contribution in [1.82, 2.24) is 10.2 Å². The lowest BCUT2D eigenvalue weighted by atomic mass is 10.0. The van der Waals surface area contributed by atoms with Crippen molar-refractivity contribution in [3.63, 3.8) is 0 Å². The van der Waals surface area contributed by atoms with Gasteiger partial charge in [-0.05, 0) is 42.0 Å². The third kappa shape index (κ3) is 3.86. The van der Waals surface area contributed by atoms with Gasteiger partial charge in [0.05, 0.1) is 0 Å². The van der Waals surface area contributed by atoms with Crippen molar-refractivity contribution in [2.45, 2.75) is 0 Å². The zero-order valence-electron chi connectivity index (χ0n) is 15.0. The quantitative estimate of drug-likeness (QED) is 0.698. The maximum atomic E-state index is 13.8. The molecule has 1 aliphatic heterocycles. The van der Waals surface area contributed by atoms with Crippen LogP contribution in [-0.2, 0) is 4.79 Å². The summed E-state index contributed by atoms with van der Waals surface area (Å²) in [5.41, 5.74) is 1.43. The number of benzene rings is 2. The summed E-state index contributed by atoms with van der Waals surface area (Å²) in [4.78, 5) is 25.8. The molecule has 0 spiro atoms. The van der Waals surface area contributed by atoms with Crippen molar-refractivity contribution < 1.29 is 22.8 Å². The summed E-state index contributed by atoms with van der Waals surface area (Å²) in [6.45, 7) is 0.618. The molecule has 0 bridgehead atoms. The highest BCUT2D eigenvalue weighted by atomic mass is 35.5. The van der Waals surface area contributed by atoms with Crippen LogP contribution in [0.25, 0.3) is 22.5 Å². The van der Waals surface area contributed by atoms with Crippen LogP contribution in [0, 0.1) is 11.6 Å². The zero-order valence-corrected chi connectivity index (χ0v) is 15.8. The molecular weight excluding hydrogens is 402 g/mol. The van der Waals surface area contributed by atoms with Crippen LogP contribution in [0.1, 0.15) is 10.6 Å². The van der Waals surface area contributed by atoms with Gasteiger partial charge in [-0.25, -0.2) is 8.78 Å². The summed E-state index contributed by atoms with van der Waals surface area (Å²) in [5.74, 6) is -2.54. The Labute approximate surface area is 169 Å². The van der Waals surface area contributed by atoms with Crippen LogP contribution in [-0.4, -0.2) is 36.3 Å². The molecule has 2 heterocycles. The van der Waals surface area contributed by atoms with Gasteiger partial charge in [0.25, 0.3) is 5.91 Å². The number of halogens is 3. The number of hydrogen-bond donors (Lipinski definition) is 1. The highest BCUT2D eigenvalue weighted by Crippen LogP contribution is 2.37. The van der Waals surface area contributed by atoms with Crippen LogP contribution in [0.2, 0.25) is 5.02 Å². The second-order valence-corrected chi connectivity index (χ2v) is 7.01. The van der Waals surface area contributed by atoms with Crippen molar-refractivity contribution in [2.75, 3.05) is 19.6 Å². The van der Waals surface area contributed by atoms with E-state index in [1.165, 1.54) is 17.0 Å². The van der Waals surface area contributed by atoms with E-state index >= 15 is 0 Å². The Morgan fingerprint density at radius 1 is 1.07 bits per heavy atom. The smallest absolute Gasteiger partial charge is 0.290 e. The average Bonchev–Trinajstić information content (AvgIpc) is 3.15. The van der Waals surface area contributed by atoms with Gasteiger partial charge in [0, 0.05) is 29.2 Å². The van der Waals surface area contributed by atoms with Crippen molar-refractivity contribution >= 4 is 23.4 Å². The zero-order chi connectivity index (χ0) is 20.5. The summed E-state index contributed by atoms with van der Waals surface area (Å²) in [6, 6.07) is 11.8. The number of amides is 2. The molecule has 2 amide bonds. The van der Waals surface area contributed by atoms with Gasteiger partial charge in [-0.15, -0.1) is 0 Å². The predicted octanol–water partition coefficient (Wildman–Crippen LogP) is 4.12. The lowest BCUT2D eigenvalue weighted by molar-refractivity contribution is -0.123. The molecule has 0 saturated carbocycles. The molecule has 4 rings (SSSR count). The molecule has 0 aliphatic carbocycles. The lowest BCUT2D eigenvalue weighted by Crippen LogP contribution is -2.49. The van der Waals surface area contributed by atoms with Gasteiger partial charge in [0.1, 0.15) is 12.3 Å². The molecule has 8 heteroatoms. The van der Waals surface area contributed by atoms with Gasteiger partial charge < -0.3 is 14.6 Å². The monoisotopic (exact) mass is 416 g/mol. The van der Waals surface area contributed by atoms with Crippen LogP contribution >= 0.6 is 11.6 Å². The van der Waals surface area contributed by atoms with Crippen LogP contribution in [0.3, 0.4) is 0 Å².